The summed E-state index contributed by atoms with van der Waals surface area (Å²) >= 11 is 1.49. The summed E-state index contributed by atoms with van der Waals surface area (Å²) in [6.07, 6.45) is 0. The maximum atomic E-state index is 12.2. The number of benzene rings is 3. The third-order valence-electron chi connectivity index (χ3n) is 4.40. The predicted octanol–water partition coefficient (Wildman–Crippen LogP) is 4.87. The van der Waals surface area contributed by atoms with Crippen molar-refractivity contribution in [3.63, 3.8) is 0 Å². The number of carbonyl (C=O) groups excluding carboxylic acids is 1. The number of fused-ring (bicyclic) bond motifs is 1. The predicted molar refractivity (Wildman–Crippen MR) is 119 cm³/mol. The molecule has 0 saturated carbocycles. The minimum Gasteiger partial charge on any atom is -0.483 e. The first-order chi connectivity index (χ1) is 14.1. The van der Waals surface area contributed by atoms with Crippen molar-refractivity contribution in [1.29, 1.82) is 5.41 Å². The number of para-hydroxylation sites is 2. The third-order valence-corrected chi connectivity index (χ3v) is 5.55. The molecule has 4 aromatic rings. The van der Waals surface area contributed by atoms with Crippen LogP contribution in [0.3, 0.4) is 0 Å². The van der Waals surface area contributed by atoms with Crippen LogP contribution in [0.25, 0.3) is 21.2 Å². The van der Waals surface area contributed by atoms with E-state index in [1.54, 1.807) is 0 Å². The number of thiophene rings is 1. The molecule has 0 saturated heterocycles. The first-order valence-electron chi connectivity index (χ1n) is 9.05. The van der Waals surface area contributed by atoms with Gasteiger partial charge in [0.1, 0.15) is 11.6 Å². The average Bonchev–Trinajstić information content (AvgIpc) is 3.17. The van der Waals surface area contributed by atoms with Crippen LogP contribution in [-0.2, 0) is 4.79 Å². The number of hydrogen-bond donors (Lipinski definition) is 3. The zero-order chi connectivity index (χ0) is 20.2. The molecule has 144 valence electrons. The van der Waals surface area contributed by atoms with Crippen LogP contribution in [0.2, 0.25) is 0 Å². The number of nitrogens with one attached hydrogen (secondary N) is 2. The molecule has 4 rings (SSSR count). The number of amides is 1. The normalized spacial score (nSPS) is 10.6. The lowest BCUT2D eigenvalue weighted by Gasteiger charge is -2.12. The van der Waals surface area contributed by atoms with E-state index in [1.165, 1.54) is 11.3 Å². The number of ether oxygens (including phenoxy) is 1. The highest BCUT2D eigenvalue weighted by atomic mass is 32.1. The van der Waals surface area contributed by atoms with Gasteiger partial charge in [0.2, 0.25) is 0 Å². The quantitative estimate of drug-likeness (QED) is 0.318. The molecule has 1 amide bonds. The molecular formula is C23H19N3O2S. The van der Waals surface area contributed by atoms with Crippen molar-refractivity contribution in [3.05, 3.63) is 83.7 Å². The van der Waals surface area contributed by atoms with Gasteiger partial charge in [-0.25, -0.2) is 0 Å². The van der Waals surface area contributed by atoms with Gasteiger partial charge in [0, 0.05) is 16.0 Å². The summed E-state index contributed by atoms with van der Waals surface area (Å²) in [6, 6.07) is 24.9. The van der Waals surface area contributed by atoms with Crippen molar-refractivity contribution in [3.8, 4) is 16.9 Å². The minimum atomic E-state index is -0.217. The molecule has 0 atom stereocenters. The van der Waals surface area contributed by atoms with Gasteiger partial charge in [0.05, 0.1) is 4.88 Å². The molecule has 0 unspecified atom stereocenters. The van der Waals surface area contributed by atoms with Gasteiger partial charge >= 0.3 is 0 Å². The summed E-state index contributed by atoms with van der Waals surface area (Å²) in [5.74, 6) is 0.489. The van der Waals surface area contributed by atoms with Gasteiger partial charge in [-0.3, -0.25) is 10.2 Å². The van der Waals surface area contributed by atoms with Crippen LogP contribution in [0.5, 0.6) is 5.75 Å². The van der Waals surface area contributed by atoms with Crippen LogP contribution in [0.15, 0.2) is 78.9 Å². The van der Waals surface area contributed by atoms with Gasteiger partial charge < -0.3 is 15.8 Å². The Hall–Kier alpha value is -3.64. The van der Waals surface area contributed by atoms with E-state index in [1.807, 2.05) is 78.9 Å². The molecule has 0 bridgehead atoms. The summed E-state index contributed by atoms with van der Waals surface area (Å²) in [5, 5.41) is 11.5. The summed E-state index contributed by atoms with van der Waals surface area (Å²) in [7, 11) is 0. The summed E-state index contributed by atoms with van der Waals surface area (Å²) in [5.41, 5.74) is 8.22. The fourth-order valence-corrected chi connectivity index (χ4v) is 3.94. The molecule has 3 aromatic carbocycles. The van der Waals surface area contributed by atoms with E-state index in [0.29, 0.717) is 5.75 Å². The summed E-state index contributed by atoms with van der Waals surface area (Å²) < 4.78 is 6.89. The zero-order valence-electron chi connectivity index (χ0n) is 15.5. The van der Waals surface area contributed by atoms with E-state index in [4.69, 9.17) is 15.9 Å². The van der Waals surface area contributed by atoms with E-state index in [-0.39, 0.29) is 18.3 Å². The van der Waals surface area contributed by atoms with E-state index in [9.17, 15) is 4.79 Å². The Morgan fingerprint density at radius 1 is 1.00 bits per heavy atom. The molecule has 6 heteroatoms. The number of anilines is 1. The van der Waals surface area contributed by atoms with Crippen LogP contribution in [0, 0.1) is 5.41 Å². The molecule has 1 aromatic heterocycles. The fraction of sp³-hybridized carbons (Fsp3) is 0.0435. The summed E-state index contributed by atoms with van der Waals surface area (Å²) in [4.78, 5) is 13.0. The second kappa shape index (κ2) is 8.16. The molecule has 5 nitrogen and oxygen atoms in total. The molecule has 0 aliphatic rings. The lowest BCUT2D eigenvalue weighted by molar-refractivity contribution is -0.118. The number of hydrogen-bond acceptors (Lipinski definition) is 4. The Morgan fingerprint density at radius 3 is 2.55 bits per heavy atom. The van der Waals surface area contributed by atoms with Gasteiger partial charge in [-0.1, -0.05) is 42.5 Å². The molecule has 29 heavy (non-hydrogen) atoms. The summed E-state index contributed by atoms with van der Waals surface area (Å²) in [6.45, 7) is -0.0823. The van der Waals surface area contributed by atoms with Gasteiger partial charge in [-0.2, -0.15) is 0 Å². The van der Waals surface area contributed by atoms with E-state index in [0.717, 1.165) is 31.8 Å². The van der Waals surface area contributed by atoms with Gasteiger partial charge in [0.25, 0.3) is 5.91 Å². The molecule has 0 aliphatic carbocycles. The van der Waals surface area contributed by atoms with E-state index in [2.05, 4.69) is 5.32 Å². The van der Waals surface area contributed by atoms with Crippen LogP contribution >= 0.6 is 11.3 Å². The topological polar surface area (TPSA) is 88.2 Å². The number of amidine groups is 1. The van der Waals surface area contributed by atoms with Crippen molar-refractivity contribution in [1.82, 2.24) is 0 Å². The average molecular weight is 401 g/mol. The molecule has 0 spiro atoms. The van der Waals surface area contributed by atoms with Crippen LogP contribution in [0.4, 0.5) is 5.69 Å². The smallest absolute Gasteiger partial charge is 0.262 e. The number of carbonyl (C=O) groups is 1. The third kappa shape index (κ3) is 4.28. The highest BCUT2D eigenvalue weighted by Crippen LogP contribution is 2.34. The maximum Gasteiger partial charge on any atom is 0.262 e. The van der Waals surface area contributed by atoms with Crippen LogP contribution < -0.4 is 15.8 Å². The molecule has 1 heterocycles. The Morgan fingerprint density at radius 2 is 1.76 bits per heavy atom. The van der Waals surface area contributed by atoms with Crippen molar-refractivity contribution in [2.45, 2.75) is 0 Å². The van der Waals surface area contributed by atoms with Crippen molar-refractivity contribution < 1.29 is 9.53 Å². The van der Waals surface area contributed by atoms with E-state index >= 15 is 0 Å². The standard InChI is InChI=1S/C23H19N3O2S/c24-23(25)21-13-16-12-15(10-11-20(16)29-21)18-8-4-5-9-19(18)28-14-22(27)26-17-6-2-1-3-7-17/h1-13H,14H2,(H3,24,25)(H,26,27). The Kier molecular flexibility index (Phi) is 5.27. The van der Waals surface area contributed by atoms with Gasteiger partial charge in [-0.15, -0.1) is 11.3 Å². The second-order valence-electron chi connectivity index (χ2n) is 6.48. The van der Waals surface area contributed by atoms with Crippen LogP contribution in [-0.4, -0.2) is 18.3 Å². The highest BCUT2D eigenvalue weighted by molar-refractivity contribution is 7.20. The van der Waals surface area contributed by atoms with E-state index < -0.39 is 0 Å². The van der Waals surface area contributed by atoms with Gasteiger partial charge in [-0.05, 0) is 47.3 Å². The monoisotopic (exact) mass is 401 g/mol. The Balaban J connectivity index is 1.54. The van der Waals surface area contributed by atoms with Crippen molar-refractivity contribution >= 4 is 38.9 Å². The minimum absolute atomic E-state index is 0.0703. The molecule has 4 N–H and O–H groups in total. The molecule has 0 aliphatic heterocycles. The first-order valence-corrected chi connectivity index (χ1v) is 9.87. The number of rotatable bonds is 6. The van der Waals surface area contributed by atoms with Crippen molar-refractivity contribution in [2.75, 3.05) is 11.9 Å². The SMILES string of the molecule is N=C(N)c1cc2cc(-c3ccccc3OCC(=O)Nc3ccccc3)ccc2s1. The molecule has 0 fully saturated rings. The lowest BCUT2D eigenvalue weighted by atomic mass is 10.0. The number of nitrogen functional groups attached to an aromatic ring is 1. The fourth-order valence-electron chi connectivity index (χ4n) is 3.04. The molecular weight excluding hydrogens is 382 g/mol. The first kappa shape index (κ1) is 18.7. The largest absolute Gasteiger partial charge is 0.483 e. The highest BCUT2D eigenvalue weighted by Gasteiger charge is 2.11. The van der Waals surface area contributed by atoms with Crippen molar-refractivity contribution in [2.24, 2.45) is 5.73 Å². The number of nitrogens with two attached hydrogens (primary N) is 1. The second-order valence-corrected chi connectivity index (χ2v) is 7.56. The molecule has 0 radical (unpaired) electrons. The zero-order valence-corrected chi connectivity index (χ0v) is 16.3. The van der Waals surface area contributed by atoms with Crippen LogP contribution in [0.1, 0.15) is 4.88 Å². The van der Waals surface area contributed by atoms with Gasteiger partial charge in [0.15, 0.2) is 6.61 Å². The lowest BCUT2D eigenvalue weighted by Crippen LogP contribution is -2.20. The maximum absolute atomic E-state index is 12.2. The Bertz CT molecular complexity index is 1190. The Labute approximate surface area is 172 Å².